The molecule has 0 aromatic heterocycles. The van der Waals surface area contributed by atoms with Gasteiger partial charge in [0, 0.05) is 51.4 Å². The number of hydrogen-bond acceptors (Lipinski definition) is 5. The Morgan fingerprint density at radius 3 is 2.43 bits per heavy atom. The molecule has 3 rings (SSSR count). The molecule has 1 aliphatic rings. The highest BCUT2D eigenvalue weighted by Gasteiger charge is 2.19. The van der Waals surface area contributed by atoms with Crippen molar-refractivity contribution in [1.29, 1.82) is 0 Å². The van der Waals surface area contributed by atoms with Gasteiger partial charge in [-0.15, -0.1) is 0 Å². The molecule has 0 saturated carbocycles. The van der Waals surface area contributed by atoms with Crippen molar-refractivity contribution in [2.24, 2.45) is 0 Å². The van der Waals surface area contributed by atoms with E-state index in [0.29, 0.717) is 17.8 Å². The largest absolute Gasteiger partial charge is 0.397 e. The van der Waals surface area contributed by atoms with Gasteiger partial charge in [0.25, 0.3) is 5.91 Å². The minimum absolute atomic E-state index is 0.0791. The highest BCUT2D eigenvalue weighted by molar-refractivity contribution is 5.96. The van der Waals surface area contributed by atoms with Crippen molar-refractivity contribution >= 4 is 17.3 Å². The number of piperazine rings is 1. The summed E-state index contributed by atoms with van der Waals surface area (Å²) in [7, 11) is 4.22. The quantitative estimate of drug-likeness (QED) is 0.656. The van der Waals surface area contributed by atoms with Crippen molar-refractivity contribution in [3.63, 3.8) is 0 Å². The Morgan fingerprint density at radius 1 is 1.10 bits per heavy atom. The Balaban J connectivity index is 1.53. The summed E-state index contributed by atoms with van der Waals surface area (Å²) < 4.78 is 0. The van der Waals surface area contributed by atoms with Crippen molar-refractivity contribution in [2.75, 3.05) is 70.5 Å². The summed E-state index contributed by atoms with van der Waals surface area (Å²) in [6, 6.07) is 15.9. The van der Waals surface area contributed by atoms with Crippen LogP contribution in [0.1, 0.15) is 28.8 Å². The third-order valence-electron chi connectivity index (χ3n) is 5.80. The van der Waals surface area contributed by atoms with Crippen LogP contribution >= 0.6 is 0 Å². The molecule has 162 valence electrons. The van der Waals surface area contributed by atoms with Gasteiger partial charge in [0.2, 0.25) is 0 Å². The molecule has 2 aromatic rings. The van der Waals surface area contributed by atoms with E-state index in [1.54, 1.807) is 6.07 Å². The molecule has 1 heterocycles. The normalized spacial score (nSPS) is 15.9. The summed E-state index contributed by atoms with van der Waals surface area (Å²) in [6.07, 6.45) is 0. The highest BCUT2D eigenvalue weighted by atomic mass is 16.1. The van der Waals surface area contributed by atoms with Crippen LogP contribution < -0.4 is 16.0 Å². The van der Waals surface area contributed by atoms with E-state index >= 15 is 0 Å². The number of benzene rings is 2. The van der Waals surface area contributed by atoms with E-state index in [1.807, 2.05) is 30.3 Å². The van der Waals surface area contributed by atoms with Crippen LogP contribution in [0.2, 0.25) is 0 Å². The molecule has 1 atom stereocenters. The lowest BCUT2D eigenvalue weighted by Gasteiger charge is -2.37. The number of amides is 1. The Hall–Kier alpha value is -2.57. The van der Waals surface area contributed by atoms with Gasteiger partial charge in [0.1, 0.15) is 0 Å². The van der Waals surface area contributed by atoms with E-state index in [1.165, 1.54) is 5.56 Å². The molecule has 0 bridgehead atoms. The SMILES string of the molecule is CC(CNC(=O)c1ccc(N2CCN(CCN(C)C)CC2)c(N)c1)c1ccccc1. The molecule has 1 amide bonds. The average molecular weight is 410 g/mol. The lowest BCUT2D eigenvalue weighted by atomic mass is 10.0. The summed E-state index contributed by atoms with van der Waals surface area (Å²) in [4.78, 5) is 19.6. The van der Waals surface area contributed by atoms with Crippen molar-refractivity contribution in [3.8, 4) is 0 Å². The van der Waals surface area contributed by atoms with E-state index in [-0.39, 0.29) is 11.8 Å². The summed E-state index contributed by atoms with van der Waals surface area (Å²) in [6.45, 7) is 8.87. The van der Waals surface area contributed by atoms with E-state index < -0.39 is 0 Å². The number of hydrogen-bond donors (Lipinski definition) is 2. The topological polar surface area (TPSA) is 64.8 Å². The van der Waals surface area contributed by atoms with Gasteiger partial charge in [-0.25, -0.2) is 0 Å². The predicted octanol–water partition coefficient (Wildman–Crippen LogP) is 2.49. The lowest BCUT2D eigenvalue weighted by molar-refractivity contribution is 0.0951. The number of rotatable bonds is 8. The molecule has 30 heavy (non-hydrogen) atoms. The van der Waals surface area contributed by atoms with Crippen LogP contribution in [0.25, 0.3) is 0 Å². The second kappa shape index (κ2) is 10.5. The molecule has 6 nitrogen and oxygen atoms in total. The van der Waals surface area contributed by atoms with Gasteiger partial charge in [-0.2, -0.15) is 0 Å². The van der Waals surface area contributed by atoms with Gasteiger partial charge in [-0.05, 0) is 43.8 Å². The summed E-state index contributed by atoms with van der Waals surface area (Å²) in [5, 5.41) is 3.03. The van der Waals surface area contributed by atoms with Crippen molar-refractivity contribution in [3.05, 3.63) is 59.7 Å². The van der Waals surface area contributed by atoms with Gasteiger partial charge in [0.15, 0.2) is 0 Å². The van der Waals surface area contributed by atoms with Crippen LogP contribution in [0.3, 0.4) is 0 Å². The van der Waals surface area contributed by atoms with Gasteiger partial charge < -0.3 is 20.9 Å². The molecular weight excluding hydrogens is 374 g/mol. The van der Waals surface area contributed by atoms with E-state index in [0.717, 1.165) is 45.0 Å². The number of nitrogens with one attached hydrogen (secondary N) is 1. The number of nitrogen functional groups attached to an aromatic ring is 1. The zero-order chi connectivity index (χ0) is 21.5. The standard InChI is InChI=1S/C24H35N5O/c1-19(20-7-5-4-6-8-20)18-26-24(30)21-9-10-23(22(25)17-21)29-15-13-28(14-16-29)12-11-27(2)3/h4-10,17,19H,11-16,18,25H2,1-3H3,(H,26,30). The third-order valence-corrected chi connectivity index (χ3v) is 5.80. The lowest BCUT2D eigenvalue weighted by Crippen LogP contribution is -2.48. The number of likely N-dealkylation sites (N-methyl/N-ethyl adjacent to an activating group) is 1. The minimum Gasteiger partial charge on any atom is -0.397 e. The summed E-state index contributed by atoms with van der Waals surface area (Å²) >= 11 is 0. The summed E-state index contributed by atoms with van der Waals surface area (Å²) in [5.41, 5.74) is 9.85. The first-order chi connectivity index (χ1) is 14.4. The molecule has 0 radical (unpaired) electrons. The summed E-state index contributed by atoms with van der Waals surface area (Å²) in [5.74, 6) is 0.181. The number of nitrogens with zero attached hydrogens (tertiary/aromatic N) is 3. The molecule has 1 fully saturated rings. The Labute approximate surface area is 180 Å². The minimum atomic E-state index is -0.0791. The van der Waals surface area contributed by atoms with Crippen LogP contribution in [0, 0.1) is 0 Å². The first-order valence-corrected chi connectivity index (χ1v) is 10.8. The number of anilines is 2. The average Bonchev–Trinajstić information content (AvgIpc) is 2.76. The fourth-order valence-electron chi connectivity index (χ4n) is 3.78. The van der Waals surface area contributed by atoms with Crippen molar-refractivity contribution in [1.82, 2.24) is 15.1 Å². The van der Waals surface area contributed by atoms with Crippen LogP contribution in [-0.2, 0) is 0 Å². The maximum Gasteiger partial charge on any atom is 0.251 e. The fourth-order valence-corrected chi connectivity index (χ4v) is 3.78. The van der Waals surface area contributed by atoms with Gasteiger partial charge in [0.05, 0.1) is 11.4 Å². The smallest absolute Gasteiger partial charge is 0.251 e. The van der Waals surface area contributed by atoms with Crippen LogP contribution in [0.5, 0.6) is 0 Å². The Bertz CT molecular complexity index is 816. The molecule has 1 unspecified atom stereocenters. The van der Waals surface area contributed by atoms with E-state index in [2.05, 4.69) is 53.2 Å². The molecular formula is C24H35N5O. The van der Waals surface area contributed by atoms with Gasteiger partial charge in [-0.1, -0.05) is 37.3 Å². The number of nitrogens with two attached hydrogens (primary N) is 1. The second-order valence-corrected chi connectivity index (χ2v) is 8.43. The predicted molar refractivity (Wildman–Crippen MR) is 125 cm³/mol. The monoisotopic (exact) mass is 409 g/mol. The maximum atomic E-state index is 12.6. The molecule has 0 aliphatic carbocycles. The highest BCUT2D eigenvalue weighted by Crippen LogP contribution is 2.25. The fraction of sp³-hybridized carbons (Fsp3) is 0.458. The molecule has 1 saturated heterocycles. The van der Waals surface area contributed by atoms with E-state index in [4.69, 9.17) is 5.73 Å². The van der Waals surface area contributed by atoms with Gasteiger partial charge >= 0.3 is 0 Å². The van der Waals surface area contributed by atoms with Crippen LogP contribution in [0.4, 0.5) is 11.4 Å². The molecule has 2 aromatic carbocycles. The molecule has 3 N–H and O–H groups in total. The molecule has 6 heteroatoms. The van der Waals surface area contributed by atoms with Crippen LogP contribution in [0.15, 0.2) is 48.5 Å². The van der Waals surface area contributed by atoms with Gasteiger partial charge in [-0.3, -0.25) is 9.69 Å². The molecule has 1 aliphatic heterocycles. The second-order valence-electron chi connectivity index (χ2n) is 8.43. The zero-order valence-corrected chi connectivity index (χ0v) is 18.5. The third kappa shape index (κ3) is 5.97. The maximum absolute atomic E-state index is 12.6. The van der Waals surface area contributed by atoms with Crippen LogP contribution in [-0.4, -0.2) is 75.6 Å². The number of carbonyl (C=O) groups is 1. The number of carbonyl (C=O) groups excluding carboxylic acids is 1. The molecule has 0 spiro atoms. The first kappa shape index (κ1) is 22.1. The Morgan fingerprint density at radius 2 is 1.80 bits per heavy atom. The first-order valence-electron chi connectivity index (χ1n) is 10.8. The Kier molecular flexibility index (Phi) is 7.71. The zero-order valence-electron chi connectivity index (χ0n) is 18.5. The van der Waals surface area contributed by atoms with Crippen molar-refractivity contribution < 1.29 is 4.79 Å². The van der Waals surface area contributed by atoms with Crippen molar-refractivity contribution in [2.45, 2.75) is 12.8 Å². The van der Waals surface area contributed by atoms with E-state index in [9.17, 15) is 4.79 Å².